The Balaban J connectivity index is 1.35. The predicted octanol–water partition coefficient (Wildman–Crippen LogP) is 3.70. The van der Waals surface area contributed by atoms with Crippen LogP contribution in [0.3, 0.4) is 0 Å². The highest BCUT2D eigenvalue weighted by molar-refractivity contribution is 5.94. The molecule has 0 radical (unpaired) electrons. The Bertz CT molecular complexity index is 1120. The van der Waals surface area contributed by atoms with Gasteiger partial charge in [-0.3, -0.25) is 14.9 Å². The molecule has 0 aromatic heterocycles. The Hall–Kier alpha value is -3.51. The second-order valence-electron chi connectivity index (χ2n) is 9.37. The number of carbonyl (C=O) groups excluding carboxylic acids is 2. The molecule has 2 aliphatic rings. The van der Waals surface area contributed by atoms with E-state index in [1.165, 1.54) is 24.3 Å². The number of hydrogen-bond acceptors (Lipinski definition) is 3. The van der Waals surface area contributed by atoms with Gasteiger partial charge in [-0.1, -0.05) is 60.7 Å². The molecule has 0 saturated carbocycles. The number of piperidine rings is 1. The lowest BCUT2D eigenvalue weighted by Gasteiger charge is -2.41. The maximum absolute atomic E-state index is 13.6. The van der Waals surface area contributed by atoms with Crippen molar-refractivity contribution in [3.63, 3.8) is 0 Å². The number of nitrogens with zero attached hydrogens (tertiary/aromatic N) is 1. The van der Waals surface area contributed by atoms with Gasteiger partial charge in [-0.25, -0.2) is 4.39 Å². The van der Waals surface area contributed by atoms with Crippen LogP contribution in [0, 0.1) is 5.82 Å². The quantitative estimate of drug-likeness (QED) is 0.614. The SMILES string of the molecule is O=C(c1ccc(F)cc1)N1CCC2(CC1)NC(=O)C(Cc1ccccc1)(Cc1ccccc1)N2. The summed E-state index contributed by atoms with van der Waals surface area (Å²) in [5.74, 6) is -0.474. The maximum Gasteiger partial charge on any atom is 0.253 e. The molecule has 1 spiro atoms. The van der Waals surface area contributed by atoms with E-state index in [-0.39, 0.29) is 17.6 Å². The van der Waals surface area contributed by atoms with Crippen LogP contribution in [0.25, 0.3) is 0 Å². The van der Waals surface area contributed by atoms with E-state index < -0.39 is 11.2 Å². The molecule has 2 fully saturated rings. The van der Waals surface area contributed by atoms with Crippen molar-refractivity contribution in [1.82, 2.24) is 15.5 Å². The fourth-order valence-electron chi connectivity index (χ4n) is 5.20. The number of likely N-dealkylation sites (tertiary alicyclic amines) is 1. The van der Waals surface area contributed by atoms with Crippen molar-refractivity contribution in [2.24, 2.45) is 0 Å². The standard InChI is InChI=1S/C28H28FN3O2/c29-24-13-11-23(12-14-24)25(33)32-17-15-28(16-18-32)30-26(34)27(31-28,19-21-7-3-1-4-8-21)20-22-9-5-2-6-10-22/h1-14,31H,15-20H2,(H,30,34). The van der Waals surface area contributed by atoms with E-state index in [0.717, 1.165) is 11.1 Å². The molecule has 5 rings (SSSR count). The zero-order valence-electron chi connectivity index (χ0n) is 19.0. The molecule has 0 unspecified atom stereocenters. The van der Waals surface area contributed by atoms with E-state index in [4.69, 9.17) is 0 Å². The van der Waals surface area contributed by atoms with E-state index in [1.807, 2.05) is 36.4 Å². The fourth-order valence-corrected chi connectivity index (χ4v) is 5.20. The lowest BCUT2D eigenvalue weighted by atomic mass is 9.84. The van der Waals surface area contributed by atoms with Gasteiger partial charge < -0.3 is 10.2 Å². The third-order valence-electron chi connectivity index (χ3n) is 6.96. The molecule has 2 saturated heterocycles. The first-order valence-corrected chi connectivity index (χ1v) is 11.7. The van der Waals surface area contributed by atoms with Gasteiger partial charge in [0, 0.05) is 31.5 Å². The van der Waals surface area contributed by atoms with E-state index in [1.54, 1.807) is 4.90 Å². The molecule has 3 aromatic carbocycles. The highest BCUT2D eigenvalue weighted by Gasteiger charge is 2.54. The fraction of sp³-hybridized carbons (Fsp3) is 0.286. The molecule has 174 valence electrons. The summed E-state index contributed by atoms with van der Waals surface area (Å²) in [5, 5.41) is 6.99. The zero-order valence-corrected chi connectivity index (χ0v) is 19.0. The molecule has 3 aromatic rings. The number of nitrogens with one attached hydrogen (secondary N) is 2. The van der Waals surface area contributed by atoms with Crippen LogP contribution < -0.4 is 10.6 Å². The Kier molecular flexibility index (Phi) is 5.92. The number of benzene rings is 3. The summed E-state index contributed by atoms with van der Waals surface area (Å²) in [5.41, 5.74) is 1.35. The van der Waals surface area contributed by atoms with Gasteiger partial charge in [0.1, 0.15) is 11.4 Å². The summed E-state index contributed by atoms with van der Waals surface area (Å²) in [6.07, 6.45) is 2.37. The molecule has 0 atom stereocenters. The van der Waals surface area contributed by atoms with Crippen LogP contribution in [-0.2, 0) is 17.6 Å². The third kappa shape index (κ3) is 4.46. The van der Waals surface area contributed by atoms with Crippen LogP contribution in [-0.4, -0.2) is 41.0 Å². The first-order valence-electron chi connectivity index (χ1n) is 11.7. The van der Waals surface area contributed by atoms with Gasteiger partial charge >= 0.3 is 0 Å². The second kappa shape index (κ2) is 9.03. The van der Waals surface area contributed by atoms with Crippen molar-refractivity contribution in [2.75, 3.05) is 13.1 Å². The molecule has 34 heavy (non-hydrogen) atoms. The summed E-state index contributed by atoms with van der Waals surface area (Å²) in [7, 11) is 0. The molecular weight excluding hydrogens is 429 g/mol. The predicted molar refractivity (Wildman–Crippen MR) is 129 cm³/mol. The summed E-state index contributed by atoms with van der Waals surface area (Å²) >= 11 is 0. The van der Waals surface area contributed by atoms with Crippen LogP contribution in [0.5, 0.6) is 0 Å². The maximum atomic E-state index is 13.6. The third-order valence-corrected chi connectivity index (χ3v) is 6.96. The minimum Gasteiger partial charge on any atom is -0.338 e. The normalized spacial score (nSPS) is 18.6. The second-order valence-corrected chi connectivity index (χ2v) is 9.37. The molecule has 6 heteroatoms. The van der Waals surface area contributed by atoms with Gasteiger partial charge in [0.2, 0.25) is 5.91 Å². The molecule has 2 amide bonds. The number of amides is 2. The van der Waals surface area contributed by atoms with Crippen molar-refractivity contribution in [3.8, 4) is 0 Å². The smallest absolute Gasteiger partial charge is 0.253 e. The zero-order chi connectivity index (χ0) is 23.6. The van der Waals surface area contributed by atoms with Crippen molar-refractivity contribution in [3.05, 3.63) is 107 Å². The average molecular weight is 458 g/mol. The van der Waals surface area contributed by atoms with Gasteiger partial charge in [-0.2, -0.15) is 0 Å². The molecule has 0 bridgehead atoms. The van der Waals surface area contributed by atoms with Gasteiger partial charge in [-0.05, 0) is 48.2 Å². The van der Waals surface area contributed by atoms with Crippen molar-refractivity contribution < 1.29 is 14.0 Å². The Morgan fingerprint density at radius 3 is 1.88 bits per heavy atom. The van der Waals surface area contributed by atoms with Crippen molar-refractivity contribution >= 4 is 11.8 Å². The van der Waals surface area contributed by atoms with E-state index in [2.05, 4.69) is 34.9 Å². The summed E-state index contributed by atoms with van der Waals surface area (Å²) in [6.45, 7) is 1.02. The van der Waals surface area contributed by atoms with E-state index in [0.29, 0.717) is 44.3 Å². The van der Waals surface area contributed by atoms with Crippen LogP contribution in [0.2, 0.25) is 0 Å². The summed E-state index contributed by atoms with van der Waals surface area (Å²) in [4.78, 5) is 28.2. The minimum absolute atomic E-state index is 0.00137. The molecule has 2 heterocycles. The summed E-state index contributed by atoms with van der Waals surface area (Å²) < 4.78 is 13.2. The monoisotopic (exact) mass is 457 g/mol. The van der Waals surface area contributed by atoms with Gasteiger partial charge in [-0.15, -0.1) is 0 Å². The highest BCUT2D eigenvalue weighted by atomic mass is 19.1. The average Bonchev–Trinajstić information content (AvgIpc) is 3.11. The van der Waals surface area contributed by atoms with Crippen LogP contribution in [0.4, 0.5) is 4.39 Å². The molecule has 5 nitrogen and oxygen atoms in total. The Labute approximate surface area is 199 Å². The first-order chi connectivity index (χ1) is 16.5. The van der Waals surface area contributed by atoms with Crippen molar-refractivity contribution in [2.45, 2.75) is 36.9 Å². The lowest BCUT2D eigenvalue weighted by Crippen LogP contribution is -2.60. The first kappa shape index (κ1) is 22.3. The van der Waals surface area contributed by atoms with Crippen LogP contribution in [0.1, 0.15) is 34.3 Å². The van der Waals surface area contributed by atoms with Crippen LogP contribution in [0.15, 0.2) is 84.9 Å². The van der Waals surface area contributed by atoms with Gasteiger partial charge in [0.25, 0.3) is 5.91 Å². The highest BCUT2D eigenvalue weighted by Crippen LogP contribution is 2.33. The molecule has 2 N–H and O–H groups in total. The number of hydrogen-bond donors (Lipinski definition) is 2. The van der Waals surface area contributed by atoms with Gasteiger partial charge in [0.05, 0.1) is 5.66 Å². The van der Waals surface area contributed by atoms with Crippen LogP contribution >= 0.6 is 0 Å². The van der Waals surface area contributed by atoms with E-state index >= 15 is 0 Å². The van der Waals surface area contributed by atoms with Gasteiger partial charge in [0.15, 0.2) is 0 Å². The number of halogens is 1. The molecular formula is C28H28FN3O2. The van der Waals surface area contributed by atoms with Crippen molar-refractivity contribution in [1.29, 1.82) is 0 Å². The lowest BCUT2D eigenvalue weighted by molar-refractivity contribution is -0.124. The number of rotatable bonds is 5. The number of carbonyl (C=O) groups is 2. The summed E-state index contributed by atoms with van der Waals surface area (Å²) in [6, 6.07) is 25.8. The molecule has 2 aliphatic heterocycles. The Morgan fingerprint density at radius 2 is 1.35 bits per heavy atom. The largest absolute Gasteiger partial charge is 0.338 e. The topological polar surface area (TPSA) is 61.4 Å². The Morgan fingerprint density at radius 1 is 0.824 bits per heavy atom. The van der Waals surface area contributed by atoms with E-state index in [9.17, 15) is 14.0 Å². The minimum atomic E-state index is -0.772. The molecule has 0 aliphatic carbocycles.